The van der Waals surface area contributed by atoms with E-state index < -0.39 is 5.97 Å². The van der Waals surface area contributed by atoms with Crippen LogP contribution in [0.1, 0.15) is 57.8 Å². The molecule has 1 fully saturated rings. The SMILES string of the molecule is [O]C(=O)CCC1CCCCCCC1. The number of rotatable bonds is 3. The molecule has 0 amide bonds. The summed E-state index contributed by atoms with van der Waals surface area (Å²) in [5.74, 6) is -0.236. The predicted octanol–water partition coefficient (Wildman–Crippen LogP) is 3.08. The third-order valence-corrected chi connectivity index (χ3v) is 2.98. The van der Waals surface area contributed by atoms with Gasteiger partial charge < -0.3 is 0 Å². The second-order valence-electron chi connectivity index (χ2n) is 4.12. The van der Waals surface area contributed by atoms with E-state index in [1.807, 2.05) is 0 Å². The van der Waals surface area contributed by atoms with E-state index in [2.05, 4.69) is 0 Å². The summed E-state index contributed by atoms with van der Waals surface area (Å²) in [6.45, 7) is 0. The Morgan fingerprint density at radius 3 is 2.08 bits per heavy atom. The van der Waals surface area contributed by atoms with Gasteiger partial charge in [-0.15, -0.1) is 0 Å². The lowest BCUT2D eigenvalue weighted by molar-refractivity contribution is -0.143. The Labute approximate surface area is 80.3 Å². The average Bonchev–Trinajstić information content (AvgIpc) is 2.01. The Morgan fingerprint density at radius 1 is 1.00 bits per heavy atom. The van der Waals surface area contributed by atoms with Crippen LogP contribution in [0.3, 0.4) is 0 Å². The molecule has 0 aromatic carbocycles. The first kappa shape index (κ1) is 10.6. The summed E-state index contributed by atoms with van der Waals surface area (Å²) in [5.41, 5.74) is 0. The minimum atomic E-state index is -0.887. The highest BCUT2D eigenvalue weighted by atomic mass is 16.4. The Morgan fingerprint density at radius 2 is 1.54 bits per heavy atom. The van der Waals surface area contributed by atoms with Crippen molar-refractivity contribution < 1.29 is 9.90 Å². The van der Waals surface area contributed by atoms with Crippen molar-refractivity contribution in [1.29, 1.82) is 0 Å². The molecule has 1 radical (unpaired) electrons. The summed E-state index contributed by atoms with van der Waals surface area (Å²) in [7, 11) is 0. The number of hydrogen-bond acceptors (Lipinski definition) is 1. The van der Waals surface area contributed by atoms with E-state index in [4.69, 9.17) is 0 Å². The second-order valence-corrected chi connectivity index (χ2v) is 4.12. The van der Waals surface area contributed by atoms with Crippen LogP contribution in [0.4, 0.5) is 0 Å². The first-order valence-electron chi connectivity index (χ1n) is 5.49. The van der Waals surface area contributed by atoms with Crippen molar-refractivity contribution in [3.63, 3.8) is 0 Å². The number of carbonyl (C=O) groups excluding carboxylic acids is 1. The molecule has 1 aliphatic carbocycles. The van der Waals surface area contributed by atoms with Crippen molar-refractivity contribution in [2.75, 3.05) is 0 Å². The van der Waals surface area contributed by atoms with Gasteiger partial charge in [0.2, 0.25) is 0 Å². The van der Waals surface area contributed by atoms with Crippen LogP contribution >= 0.6 is 0 Å². The second kappa shape index (κ2) is 6.01. The largest absolute Gasteiger partial charge is 0.355 e. The standard InChI is InChI=1S/C11H19O2/c12-11(13)9-8-10-6-4-2-1-3-5-7-10/h10H,1-9H2. The van der Waals surface area contributed by atoms with Crippen molar-refractivity contribution in [3.05, 3.63) is 0 Å². The fourth-order valence-corrected chi connectivity index (χ4v) is 2.15. The zero-order valence-corrected chi connectivity index (χ0v) is 8.26. The molecule has 0 heterocycles. The summed E-state index contributed by atoms with van der Waals surface area (Å²) in [6.07, 6.45) is 10.2. The van der Waals surface area contributed by atoms with Gasteiger partial charge in [0.15, 0.2) is 0 Å². The van der Waals surface area contributed by atoms with Crippen LogP contribution in [0.2, 0.25) is 0 Å². The number of hydrogen-bond donors (Lipinski definition) is 0. The van der Waals surface area contributed by atoms with Crippen LogP contribution in [0.5, 0.6) is 0 Å². The van der Waals surface area contributed by atoms with E-state index in [1.165, 1.54) is 44.9 Å². The third-order valence-electron chi connectivity index (χ3n) is 2.98. The summed E-state index contributed by atoms with van der Waals surface area (Å²) in [4.78, 5) is 10.3. The molecule has 75 valence electrons. The van der Waals surface area contributed by atoms with Gasteiger partial charge in [-0.1, -0.05) is 44.9 Å². The van der Waals surface area contributed by atoms with Crippen LogP contribution in [0.25, 0.3) is 0 Å². The molecule has 1 saturated carbocycles. The minimum absolute atomic E-state index is 0.255. The first-order chi connectivity index (χ1) is 6.29. The third kappa shape index (κ3) is 4.91. The molecular formula is C11H19O2. The molecule has 0 unspecified atom stereocenters. The summed E-state index contributed by atoms with van der Waals surface area (Å²) < 4.78 is 0. The van der Waals surface area contributed by atoms with Crippen molar-refractivity contribution in [3.8, 4) is 0 Å². The molecule has 13 heavy (non-hydrogen) atoms. The highest BCUT2D eigenvalue weighted by Crippen LogP contribution is 2.25. The molecule has 0 aromatic rings. The maximum atomic E-state index is 10.3. The molecule has 0 atom stereocenters. The molecule has 0 bridgehead atoms. The minimum Gasteiger partial charge on any atom is -0.247 e. The fraction of sp³-hybridized carbons (Fsp3) is 0.909. The zero-order chi connectivity index (χ0) is 9.52. The predicted molar refractivity (Wildman–Crippen MR) is 50.7 cm³/mol. The zero-order valence-electron chi connectivity index (χ0n) is 8.26. The Balaban J connectivity index is 2.17. The van der Waals surface area contributed by atoms with Gasteiger partial charge in [-0.2, -0.15) is 0 Å². The van der Waals surface area contributed by atoms with Crippen LogP contribution in [-0.4, -0.2) is 5.97 Å². The molecule has 0 saturated heterocycles. The van der Waals surface area contributed by atoms with E-state index in [-0.39, 0.29) is 6.42 Å². The quantitative estimate of drug-likeness (QED) is 0.662. The van der Waals surface area contributed by atoms with Crippen LogP contribution in [0, 0.1) is 5.92 Å². The van der Waals surface area contributed by atoms with Gasteiger partial charge >= 0.3 is 5.97 Å². The molecule has 1 aliphatic rings. The van der Waals surface area contributed by atoms with Crippen molar-refractivity contribution >= 4 is 5.97 Å². The highest BCUT2D eigenvalue weighted by molar-refractivity contribution is 5.66. The molecule has 1 rings (SSSR count). The molecule has 0 aromatic heterocycles. The first-order valence-corrected chi connectivity index (χ1v) is 5.49. The normalized spacial score (nSPS) is 20.6. The van der Waals surface area contributed by atoms with Crippen LogP contribution in [0.15, 0.2) is 0 Å². The lowest BCUT2D eigenvalue weighted by atomic mass is 9.88. The monoisotopic (exact) mass is 183 g/mol. The summed E-state index contributed by atoms with van der Waals surface area (Å²) >= 11 is 0. The van der Waals surface area contributed by atoms with Gasteiger partial charge in [0.1, 0.15) is 0 Å². The average molecular weight is 183 g/mol. The van der Waals surface area contributed by atoms with Crippen molar-refractivity contribution in [2.45, 2.75) is 57.8 Å². The molecule has 2 nitrogen and oxygen atoms in total. The van der Waals surface area contributed by atoms with Crippen molar-refractivity contribution in [1.82, 2.24) is 0 Å². The lowest BCUT2D eigenvalue weighted by Crippen LogP contribution is -2.06. The van der Waals surface area contributed by atoms with E-state index >= 15 is 0 Å². The fourth-order valence-electron chi connectivity index (χ4n) is 2.15. The molecule has 0 aliphatic heterocycles. The summed E-state index contributed by atoms with van der Waals surface area (Å²) in [6, 6.07) is 0. The Hall–Kier alpha value is -0.530. The molecule has 0 spiro atoms. The lowest BCUT2D eigenvalue weighted by Gasteiger charge is -2.18. The van der Waals surface area contributed by atoms with Crippen LogP contribution in [-0.2, 0) is 9.90 Å². The van der Waals surface area contributed by atoms with Gasteiger partial charge in [0.25, 0.3) is 0 Å². The molecule has 0 N–H and O–H groups in total. The smallest absolute Gasteiger partial charge is 0.247 e. The van der Waals surface area contributed by atoms with Gasteiger partial charge in [0.05, 0.1) is 6.42 Å². The van der Waals surface area contributed by atoms with Gasteiger partial charge in [-0.3, -0.25) is 0 Å². The topological polar surface area (TPSA) is 37.0 Å². The maximum Gasteiger partial charge on any atom is 0.355 e. The van der Waals surface area contributed by atoms with Gasteiger partial charge in [0, 0.05) is 0 Å². The molecular weight excluding hydrogens is 164 g/mol. The van der Waals surface area contributed by atoms with E-state index in [9.17, 15) is 9.90 Å². The van der Waals surface area contributed by atoms with E-state index in [0.717, 1.165) is 6.42 Å². The highest BCUT2D eigenvalue weighted by Gasteiger charge is 2.12. The van der Waals surface area contributed by atoms with E-state index in [1.54, 1.807) is 0 Å². The number of carbonyl (C=O) groups is 1. The van der Waals surface area contributed by atoms with Crippen LogP contribution < -0.4 is 0 Å². The maximum absolute atomic E-state index is 10.3. The van der Waals surface area contributed by atoms with Gasteiger partial charge in [-0.05, 0) is 12.3 Å². The molecule has 2 heteroatoms. The van der Waals surface area contributed by atoms with Gasteiger partial charge in [-0.25, -0.2) is 9.90 Å². The van der Waals surface area contributed by atoms with Crippen molar-refractivity contribution in [2.24, 2.45) is 5.92 Å². The van der Waals surface area contributed by atoms with E-state index in [0.29, 0.717) is 5.92 Å². The Bertz CT molecular complexity index is 146. The summed E-state index contributed by atoms with van der Waals surface area (Å²) in [5, 5.41) is 10.3. The Kier molecular flexibility index (Phi) is 4.87.